The highest BCUT2D eigenvalue weighted by atomic mass is 35.5. The predicted octanol–water partition coefficient (Wildman–Crippen LogP) is 4.92. The molecule has 0 bridgehead atoms. The Hall–Kier alpha value is 0.0300. The molecule has 0 nitrogen and oxygen atoms in total. The van der Waals surface area contributed by atoms with Gasteiger partial charge in [-0.2, -0.15) is 0 Å². The summed E-state index contributed by atoms with van der Waals surface area (Å²) in [5.41, 5.74) is 1.69. The van der Waals surface area contributed by atoms with Crippen molar-refractivity contribution in [3.8, 4) is 0 Å². The van der Waals surface area contributed by atoms with Gasteiger partial charge in [0.2, 0.25) is 0 Å². The van der Waals surface area contributed by atoms with Gasteiger partial charge in [-0.25, -0.2) is 0 Å². The lowest BCUT2D eigenvalue weighted by Gasteiger charge is -2.28. The Labute approximate surface area is 99.1 Å². The monoisotopic (exact) mass is 226 g/mol. The Balaban J connectivity index is 1.96. The molecule has 1 heteroatoms. The second-order valence-corrected chi connectivity index (χ2v) is 6.02. The van der Waals surface area contributed by atoms with Gasteiger partial charge in [-0.3, -0.25) is 0 Å². The molecule has 1 unspecified atom stereocenters. The third-order valence-corrected chi connectivity index (χ3v) is 4.47. The van der Waals surface area contributed by atoms with Crippen LogP contribution < -0.4 is 0 Å². The molecule has 1 atom stereocenters. The molecule has 2 rings (SSSR count). The van der Waals surface area contributed by atoms with Crippen LogP contribution in [0.4, 0.5) is 0 Å². The minimum Gasteiger partial charge on any atom is -0.118 e. The number of hydrogen-bond acceptors (Lipinski definition) is 0. The van der Waals surface area contributed by atoms with Gasteiger partial charge in [0.1, 0.15) is 0 Å². The Morgan fingerprint density at radius 2 is 1.80 bits per heavy atom. The van der Waals surface area contributed by atoms with Crippen LogP contribution in [0.2, 0.25) is 0 Å². The van der Waals surface area contributed by atoms with E-state index in [1.165, 1.54) is 51.4 Å². The standard InChI is InChI=1S/C14H23Cl/c1-11-6-8-12(9-7-11)13-4-2-3-5-14(15)10-13/h10-12,14H,2-9H2,1H3. The fraction of sp³-hybridized carbons (Fsp3) is 0.857. The Bertz CT molecular complexity index is 223. The minimum atomic E-state index is 0.321. The molecule has 15 heavy (non-hydrogen) atoms. The summed E-state index contributed by atoms with van der Waals surface area (Å²) < 4.78 is 0. The third-order valence-electron chi connectivity index (χ3n) is 4.13. The molecule has 1 fully saturated rings. The largest absolute Gasteiger partial charge is 0.118 e. The average Bonchev–Trinajstić information content (AvgIpc) is 2.44. The highest BCUT2D eigenvalue weighted by Gasteiger charge is 2.22. The molecule has 0 aromatic rings. The van der Waals surface area contributed by atoms with Crippen molar-refractivity contribution >= 4 is 11.6 Å². The predicted molar refractivity (Wildman–Crippen MR) is 67.3 cm³/mol. The summed E-state index contributed by atoms with van der Waals surface area (Å²) in [5, 5.41) is 0.321. The third kappa shape index (κ3) is 3.24. The number of alkyl halides is 1. The first-order valence-electron chi connectivity index (χ1n) is 6.60. The van der Waals surface area contributed by atoms with E-state index in [1.807, 2.05) is 0 Å². The molecular formula is C14H23Cl. The lowest BCUT2D eigenvalue weighted by molar-refractivity contribution is 0.315. The van der Waals surface area contributed by atoms with Crippen LogP contribution in [0.25, 0.3) is 0 Å². The van der Waals surface area contributed by atoms with Gasteiger partial charge in [0, 0.05) is 0 Å². The fourth-order valence-electron chi connectivity index (χ4n) is 3.04. The van der Waals surface area contributed by atoms with Crippen molar-refractivity contribution in [1.29, 1.82) is 0 Å². The van der Waals surface area contributed by atoms with Crippen molar-refractivity contribution in [2.45, 2.75) is 63.7 Å². The average molecular weight is 227 g/mol. The first-order chi connectivity index (χ1) is 7.25. The van der Waals surface area contributed by atoms with Crippen LogP contribution in [0.1, 0.15) is 58.3 Å². The van der Waals surface area contributed by atoms with Gasteiger partial charge < -0.3 is 0 Å². The van der Waals surface area contributed by atoms with Crippen LogP contribution in [-0.4, -0.2) is 5.38 Å². The molecule has 86 valence electrons. The normalized spacial score (nSPS) is 38.3. The Morgan fingerprint density at radius 1 is 1.07 bits per heavy atom. The zero-order valence-electron chi connectivity index (χ0n) is 9.84. The van der Waals surface area contributed by atoms with E-state index in [1.54, 1.807) is 5.57 Å². The van der Waals surface area contributed by atoms with Crippen LogP contribution in [0.15, 0.2) is 11.6 Å². The van der Waals surface area contributed by atoms with Crippen molar-refractivity contribution < 1.29 is 0 Å². The van der Waals surface area contributed by atoms with Crippen molar-refractivity contribution in [1.82, 2.24) is 0 Å². The van der Waals surface area contributed by atoms with E-state index >= 15 is 0 Å². The lowest BCUT2D eigenvalue weighted by Crippen LogP contribution is -2.14. The molecule has 0 aliphatic heterocycles. The summed E-state index contributed by atoms with van der Waals surface area (Å²) in [6.45, 7) is 2.39. The summed E-state index contributed by atoms with van der Waals surface area (Å²) in [7, 11) is 0. The zero-order valence-corrected chi connectivity index (χ0v) is 10.6. The molecule has 0 amide bonds. The molecule has 0 aromatic heterocycles. The van der Waals surface area contributed by atoms with Crippen molar-refractivity contribution in [3.05, 3.63) is 11.6 Å². The Morgan fingerprint density at radius 3 is 2.53 bits per heavy atom. The van der Waals surface area contributed by atoms with E-state index in [2.05, 4.69) is 13.0 Å². The highest BCUT2D eigenvalue weighted by molar-refractivity contribution is 6.21. The smallest absolute Gasteiger partial charge is 0.0518 e. The number of hydrogen-bond donors (Lipinski definition) is 0. The van der Waals surface area contributed by atoms with E-state index < -0.39 is 0 Å². The summed E-state index contributed by atoms with van der Waals surface area (Å²) in [6.07, 6.45) is 13.3. The van der Waals surface area contributed by atoms with Crippen LogP contribution in [0.3, 0.4) is 0 Å². The molecule has 0 saturated heterocycles. The van der Waals surface area contributed by atoms with Gasteiger partial charge in [0.25, 0.3) is 0 Å². The maximum Gasteiger partial charge on any atom is 0.0518 e. The van der Waals surface area contributed by atoms with E-state index in [9.17, 15) is 0 Å². The molecule has 2 aliphatic rings. The molecule has 0 heterocycles. The lowest BCUT2D eigenvalue weighted by atomic mass is 9.78. The van der Waals surface area contributed by atoms with Gasteiger partial charge in [-0.15, -0.1) is 11.6 Å². The molecule has 2 aliphatic carbocycles. The summed E-state index contributed by atoms with van der Waals surface area (Å²) in [6, 6.07) is 0. The summed E-state index contributed by atoms with van der Waals surface area (Å²) >= 11 is 6.29. The Kier molecular flexibility index (Phi) is 4.13. The second kappa shape index (κ2) is 5.39. The van der Waals surface area contributed by atoms with Crippen molar-refractivity contribution in [3.63, 3.8) is 0 Å². The van der Waals surface area contributed by atoms with Gasteiger partial charge in [0.15, 0.2) is 0 Å². The molecule has 0 radical (unpaired) electrons. The molecular weight excluding hydrogens is 204 g/mol. The maximum absolute atomic E-state index is 6.29. The fourth-order valence-corrected chi connectivity index (χ4v) is 3.35. The number of halogens is 1. The van der Waals surface area contributed by atoms with E-state index in [0.29, 0.717) is 5.38 Å². The van der Waals surface area contributed by atoms with Gasteiger partial charge in [0.05, 0.1) is 5.38 Å². The van der Waals surface area contributed by atoms with Gasteiger partial charge in [-0.05, 0) is 43.9 Å². The van der Waals surface area contributed by atoms with Crippen LogP contribution >= 0.6 is 11.6 Å². The van der Waals surface area contributed by atoms with Gasteiger partial charge in [-0.1, -0.05) is 37.8 Å². The first-order valence-corrected chi connectivity index (χ1v) is 7.04. The molecule has 0 N–H and O–H groups in total. The van der Waals surface area contributed by atoms with Crippen molar-refractivity contribution in [2.24, 2.45) is 11.8 Å². The molecule has 1 saturated carbocycles. The van der Waals surface area contributed by atoms with Crippen LogP contribution in [0, 0.1) is 11.8 Å². The zero-order chi connectivity index (χ0) is 10.7. The SMILES string of the molecule is CC1CCC(C2=CC(Cl)CCCC2)CC1. The van der Waals surface area contributed by atoms with E-state index in [0.717, 1.165) is 11.8 Å². The van der Waals surface area contributed by atoms with E-state index in [4.69, 9.17) is 11.6 Å². The summed E-state index contributed by atoms with van der Waals surface area (Å²) in [4.78, 5) is 0. The second-order valence-electron chi connectivity index (χ2n) is 5.46. The number of allylic oxidation sites excluding steroid dienone is 2. The van der Waals surface area contributed by atoms with Gasteiger partial charge >= 0.3 is 0 Å². The number of rotatable bonds is 1. The summed E-state index contributed by atoms with van der Waals surface area (Å²) in [5.74, 6) is 1.83. The maximum atomic E-state index is 6.29. The van der Waals surface area contributed by atoms with Crippen LogP contribution in [-0.2, 0) is 0 Å². The van der Waals surface area contributed by atoms with E-state index in [-0.39, 0.29) is 0 Å². The molecule has 0 aromatic carbocycles. The van der Waals surface area contributed by atoms with Crippen molar-refractivity contribution in [2.75, 3.05) is 0 Å². The topological polar surface area (TPSA) is 0 Å². The quantitative estimate of drug-likeness (QED) is 0.440. The first kappa shape index (κ1) is 11.5. The molecule has 0 spiro atoms. The van der Waals surface area contributed by atoms with Crippen LogP contribution in [0.5, 0.6) is 0 Å². The highest BCUT2D eigenvalue weighted by Crippen LogP contribution is 2.36. The minimum absolute atomic E-state index is 0.321.